The summed E-state index contributed by atoms with van der Waals surface area (Å²) in [5, 5.41) is 4.39. The van der Waals surface area contributed by atoms with Crippen LogP contribution in [0.25, 0.3) is 10.2 Å². The van der Waals surface area contributed by atoms with Crippen molar-refractivity contribution in [2.24, 2.45) is 0 Å². The number of carbonyl (C=O) groups is 1. The highest BCUT2D eigenvalue weighted by Gasteiger charge is 2.30. The molecule has 3 aromatic rings. The zero-order valence-electron chi connectivity index (χ0n) is 17.7. The smallest absolute Gasteiger partial charge is 0.241 e. The van der Waals surface area contributed by atoms with Crippen molar-refractivity contribution in [2.75, 3.05) is 18.4 Å². The number of amides is 1. The van der Waals surface area contributed by atoms with Gasteiger partial charge >= 0.3 is 0 Å². The number of aromatic nitrogens is 1. The highest BCUT2D eigenvalue weighted by atomic mass is 32.1. The third-order valence-electron chi connectivity index (χ3n) is 5.96. The van der Waals surface area contributed by atoms with Crippen molar-refractivity contribution in [1.82, 2.24) is 9.88 Å². The molecule has 1 N–H and O–H groups in total. The van der Waals surface area contributed by atoms with Crippen LogP contribution in [0.3, 0.4) is 0 Å². The fourth-order valence-electron chi connectivity index (χ4n) is 4.40. The molecular formula is C24H29N3OS. The van der Waals surface area contributed by atoms with E-state index >= 15 is 0 Å². The number of nitrogens with zero attached hydrogens (tertiary/aromatic N) is 2. The van der Waals surface area contributed by atoms with Crippen molar-refractivity contribution < 1.29 is 4.79 Å². The van der Waals surface area contributed by atoms with Crippen LogP contribution in [0.2, 0.25) is 0 Å². The van der Waals surface area contributed by atoms with Gasteiger partial charge in [0.25, 0.3) is 0 Å². The zero-order chi connectivity index (χ0) is 20.5. The minimum Gasteiger partial charge on any atom is -0.324 e. The van der Waals surface area contributed by atoms with Crippen LogP contribution in [0.5, 0.6) is 0 Å². The van der Waals surface area contributed by atoms with Crippen molar-refractivity contribution in [3.63, 3.8) is 0 Å². The molecular weight excluding hydrogens is 378 g/mol. The van der Waals surface area contributed by atoms with Gasteiger partial charge in [-0.2, -0.15) is 0 Å². The number of benzene rings is 2. The number of carbonyl (C=O) groups excluding carboxylic acids is 1. The lowest BCUT2D eigenvalue weighted by Crippen LogP contribution is -2.46. The van der Waals surface area contributed by atoms with Crippen LogP contribution in [-0.2, 0) is 4.79 Å². The number of nitrogens with one attached hydrogen (secondary N) is 1. The molecule has 2 atom stereocenters. The lowest BCUT2D eigenvalue weighted by atomic mass is 9.97. The summed E-state index contributed by atoms with van der Waals surface area (Å²) in [7, 11) is 0. The maximum absolute atomic E-state index is 13.0. The summed E-state index contributed by atoms with van der Waals surface area (Å²) in [4.78, 5) is 20.2. The molecule has 0 radical (unpaired) electrons. The van der Waals surface area contributed by atoms with E-state index in [2.05, 4.69) is 61.3 Å². The standard InChI is InChI=1S/C24H29N3OS/c1-15-12-16(2)22(17(3)13-15)26-23(28)18(4)27-11-7-8-19(14-27)24-25-20-9-5-6-10-21(20)29-24/h5-6,9-10,12-13,18-19H,7-8,11,14H2,1-4H3,(H,26,28)/t18-,19+/m1/s1. The second kappa shape index (κ2) is 8.25. The highest BCUT2D eigenvalue weighted by Crippen LogP contribution is 2.33. The first-order valence-electron chi connectivity index (χ1n) is 10.4. The summed E-state index contributed by atoms with van der Waals surface area (Å²) < 4.78 is 1.25. The molecule has 2 aromatic carbocycles. The number of para-hydroxylation sites is 1. The summed E-state index contributed by atoms with van der Waals surface area (Å²) in [6.45, 7) is 10.1. The topological polar surface area (TPSA) is 45.2 Å². The van der Waals surface area contributed by atoms with Crippen LogP contribution < -0.4 is 5.32 Å². The number of anilines is 1. The van der Waals surface area contributed by atoms with Gasteiger partial charge in [-0.15, -0.1) is 11.3 Å². The van der Waals surface area contributed by atoms with E-state index in [-0.39, 0.29) is 11.9 Å². The van der Waals surface area contributed by atoms with Gasteiger partial charge < -0.3 is 5.32 Å². The molecule has 0 aliphatic carbocycles. The molecule has 4 rings (SSSR count). The van der Waals surface area contributed by atoms with E-state index in [0.29, 0.717) is 5.92 Å². The first kappa shape index (κ1) is 20.0. The zero-order valence-corrected chi connectivity index (χ0v) is 18.5. The Morgan fingerprint density at radius 3 is 2.66 bits per heavy atom. The van der Waals surface area contributed by atoms with E-state index < -0.39 is 0 Å². The average Bonchev–Trinajstić information content (AvgIpc) is 3.14. The average molecular weight is 408 g/mol. The van der Waals surface area contributed by atoms with Gasteiger partial charge in [-0.25, -0.2) is 4.98 Å². The molecule has 1 aliphatic heterocycles. The van der Waals surface area contributed by atoms with Gasteiger partial charge in [0, 0.05) is 18.2 Å². The molecule has 0 unspecified atom stereocenters. The van der Waals surface area contributed by atoms with Crippen LogP contribution >= 0.6 is 11.3 Å². The lowest BCUT2D eigenvalue weighted by molar-refractivity contribution is -0.121. The molecule has 4 nitrogen and oxygen atoms in total. The van der Waals surface area contributed by atoms with Crippen molar-refractivity contribution in [1.29, 1.82) is 0 Å². The largest absolute Gasteiger partial charge is 0.324 e. The predicted octanol–water partition coefficient (Wildman–Crippen LogP) is 5.43. The van der Waals surface area contributed by atoms with Crippen LogP contribution in [0, 0.1) is 20.8 Å². The molecule has 2 heterocycles. The highest BCUT2D eigenvalue weighted by molar-refractivity contribution is 7.18. The van der Waals surface area contributed by atoms with Gasteiger partial charge in [-0.3, -0.25) is 9.69 Å². The van der Waals surface area contributed by atoms with Crippen LogP contribution in [0.1, 0.15) is 47.4 Å². The first-order valence-corrected chi connectivity index (χ1v) is 11.2. The second-order valence-corrected chi connectivity index (χ2v) is 9.36. The number of fused-ring (bicyclic) bond motifs is 1. The van der Waals surface area contributed by atoms with Gasteiger partial charge in [-0.05, 0) is 70.3 Å². The fourth-order valence-corrected chi connectivity index (χ4v) is 5.49. The Bertz CT molecular complexity index is 986. The maximum Gasteiger partial charge on any atom is 0.241 e. The molecule has 0 bridgehead atoms. The van der Waals surface area contributed by atoms with E-state index in [1.807, 2.05) is 13.0 Å². The monoisotopic (exact) mass is 407 g/mol. The van der Waals surface area contributed by atoms with Crippen LogP contribution in [0.4, 0.5) is 5.69 Å². The number of piperidine rings is 1. The number of aryl methyl sites for hydroxylation is 3. The maximum atomic E-state index is 13.0. The molecule has 1 fully saturated rings. The van der Waals surface area contributed by atoms with Gasteiger partial charge in [-0.1, -0.05) is 29.8 Å². The SMILES string of the molecule is Cc1cc(C)c(NC(=O)[C@@H](C)N2CCC[C@H](c3nc4ccccc4s3)C2)c(C)c1. The second-order valence-electron chi connectivity index (χ2n) is 8.29. The summed E-state index contributed by atoms with van der Waals surface area (Å²) in [6.07, 6.45) is 2.24. The molecule has 29 heavy (non-hydrogen) atoms. The normalized spacial score (nSPS) is 18.7. The van der Waals surface area contributed by atoms with Crippen molar-refractivity contribution >= 4 is 33.1 Å². The number of hydrogen-bond acceptors (Lipinski definition) is 4. The molecule has 1 aromatic heterocycles. The Hall–Kier alpha value is -2.24. The predicted molar refractivity (Wildman–Crippen MR) is 122 cm³/mol. The third kappa shape index (κ3) is 4.21. The van der Waals surface area contributed by atoms with E-state index in [1.54, 1.807) is 11.3 Å². The molecule has 0 spiro atoms. The Morgan fingerprint density at radius 2 is 1.93 bits per heavy atom. The van der Waals surface area contributed by atoms with Crippen molar-refractivity contribution in [3.8, 4) is 0 Å². The van der Waals surface area contributed by atoms with Crippen molar-refractivity contribution in [2.45, 2.75) is 52.5 Å². The summed E-state index contributed by atoms with van der Waals surface area (Å²) in [6, 6.07) is 12.4. The Kier molecular flexibility index (Phi) is 5.70. The fraction of sp³-hybridized carbons (Fsp3) is 0.417. The third-order valence-corrected chi connectivity index (χ3v) is 7.16. The number of likely N-dealkylation sites (tertiary alicyclic amines) is 1. The van der Waals surface area contributed by atoms with E-state index in [1.165, 1.54) is 15.3 Å². The summed E-state index contributed by atoms with van der Waals surface area (Å²) >= 11 is 1.80. The minimum absolute atomic E-state index is 0.0741. The van der Waals surface area contributed by atoms with E-state index in [9.17, 15) is 4.79 Å². The van der Waals surface area contributed by atoms with Crippen molar-refractivity contribution in [3.05, 3.63) is 58.1 Å². The van der Waals surface area contributed by atoms with E-state index in [4.69, 9.17) is 4.98 Å². The summed E-state index contributed by atoms with van der Waals surface area (Å²) in [5.74, 6) is 0.476. The quantitative estimate of drug-likeness (QED) is 0.627. The molecule has 1 saturated heterocycles. The lowest BCUT2D eigenvalue weighted by Gasteiger charge is -2.35. The van der Waals surface area contributed by atoms with Gasteiger partial charge in [0.1, 0.15) is 0 Å². The molecule has 1 aliphatic rings. The van der Waals surface area contributed by atoms with Crippen LogP contribution in [0.15, 0.2) is 36.4 Å². The molecule has 0 saturated carbocycles. The minimum atomic E-state index is -0.160. The molecule has 5 heteroatoms. The number of hydrogen-bond donors (Lipinski definition) is 1. The van der Waals surface area contributed by atoms with Crippen LogP contribution in [-0.4, -0.2) is 34.9 Å². The molecule has 1 amide bonds. The van der Waals surface area contributed by atoms with E-state index in [0.717, 1.165) is 48.3 Å². The Morgan fingerprint density at radius 1 is 1.21 bits per heavy atom. The first-order chi connectivity index (χ1) is 13.9. The van der Waals surface area contributed by atoms with Gasteiger partial charge in [0.2, 0.25) is 5.91 Å². The Labute approximate surface area is 177 Å². The molecule has 152 valence electrons. The summed E-state index contributed by atoms with van der Waals surface area (Å²) in [5.41, 5.74) is 5.50. The number of thiazole rings is 1. The number of rotatable bonds is 4. The van der Waals surface area contributed by atoms with Gasteiger partial charge in [0.05, 0.1) is 21.3 Å². The Balaban J connectivity index is 1.47. The van der Waals surface area contributed by atoms with Gasteiger partial charge in [0.15, 0.2) is 0 Å².